The number of aldehydes is 1. The van der Waals surface area contributed by atoms with Gasteiger partial charge >= 0.3 is 0 Å². The Balaban J connectivity index is 3.14. The molecule has 1 rings (SSSR count). The van der Waals surface area contributed by atoms with Crippen LogP contribution in [0.1, 0.15) is 15.9 Å². The summed E-state index contributed by atoms with van der Waals surface area (Å²) in [6.45, 7) is 0.396. The van der Waals surface area contributed by atoms with E-state index in [0.717, 1.165) is 5.56 Å². The van der Waals surface area contributed by atoms with E-state index in [9.17, 15) is 9.90 Å². The summed E-state index contributed by atoms with van der Waals surface area (Å²) < 4.78 is 5.42. The first kappa shape index (κ1) is 10.2. The molecule has 0 aliphatic rings. The smallest absolute Gasteiger partial charge is 0.153 e. The second kappa shape index (κ2) is 4.39. The average Bonchev–Trinajstić information content (AvgIpc) is 2.14. The van der Waals surface area contributed by atoms with Crippen molar-refractivity contribution in [3.05, 3.63) is 27.7 Å². The van der Waals surface area contributed by atoms with Crippen LogP contribution in [0, 0.1) is 0 Å². The highest BCUT2D eigenvalue weighted by molar-refractivity contribution is 9.10. The highest BCUT2D eigenvalue weighted by atomic mass is 79.9. The van der Waals surface area contributed by atoms with E-state index >= 15 is 0 Å². The third-order valence-corrected chi connectivity index (χ3v) is 2.54. The quantitative estimate of drug-likeness (QED) is 0.829. The fraction of sp³-hybridized carbons (Fsp3) is 0.222. The van der Waals surface area contributed by atoms with Crippen molar-refractivity contribution in [3.8, 4) is 5.75 Å². The zero-order valence-electron chi connectivity index (χ0n) is 7.08. The Morgan fingerprint density at radius 1 is 1.62 bits per heavy atom. The van der Waals surface area contributed by atoms with Crippen LogP contribution in [0.5, 0.6) is 5.75 Å². The standard InChI is InChI=1S/C9H9BrO3/c1-13-5-7-3-2-6(4-11)9(12)8(7)10/h2-4,12H,5H2,1H3. The molecule has 0 aliphatic carbocycles. The maximum atomic E-state index is 10.4. The number of carbonyl (C=O) groups excluding carboxylic acids is 1. The molecule has 0 fully saturated rings. The monoisotopic (exact) mass is 244 g/mol. The van der Waals surface area contributed by atoms with Crippen molar-refractivity contribution in [2.45, 2.75) is 6.61 Å². The molecule has 70 valence electrons. The van der Waals surface area contributed by atoms with Crippen molar-refractivity contribution in [1.82, 2.24) is 0 Å². The molecule has 0 amide bonds. The molecule has 0 radical (unpaired) electrons. The van der Waals surface area contributed by atoms with E-state index < -0.39 is 0 Å². The summed E-state index contributed by atoms with van der Waals surface area (Å²) in [4.78, 5) is 10.4. The topological polar surface area (TPSA) is 46.5 Å². The first-order chi connectivity index (χ1) is 6.20. The second-order valence-electron chi connectivity index (χ2n) is 2.53. The van der Waals surface area contributed by atoms with Crippen molar-refractivity contribution in [2.24, 2.45) is 0 Å². The lowest BCUT2D eigenvalue weighted by atomic mass is 10.1. The third kappa shape index (κ3) is 2.08. The largest absolute Gasteiger partial charge is 0.506 e. The van der Waals surface area contributed by atoms with Crippen molar-refractivity contribution < 1.29 is 14.6 Å². The molecule has 1 aromatic carbocycles. The predicted molar refractivity (Wildman–Crippen MR) is 51.9 cm³/mol. The fourth-order valence-electron chi connectivity index (χ4n) is 0.983. The van der Waals surface area contributed by atoms with Crippen molar-refractivity contribution in [3.63, 3.8) is 0 Å². The van der Waals surface area contributed by atoms with E-state index in [-0.39, 0.29) is 11.3 Å². The number of benzene rings is 1. The lowest BCUT2D eigenvalue weighted by molar-refractivity contribution is 0.112. The van der Waals surface area contributed by atoms with Gasteiger partial charge in [0.1, 0.15) is 5.75 Å². The van der Waals surface area contributed by atoms with Gasteiger partial charge in [-0.2, -0.15) is 0 Å². The summed E-state index contributed by atoms with van der Waals surface area (Å²) in [6.07, 6.45) is 0.608. The number of hydrogen-bond acceptors (Lipinski definition) is 3. The van der Waals surface area contributed by atoms with Crippen LogP contribution in [0.4, 0.5) is 0 Å². The van der Waals surface area contributed by atoms with Crippen LogP contribution < -0.4 is 0 Å². The Morgan fingerprint density at radius 2 is 2.31 bits per heavy atom. The van der Waals surface area contributed by atoms with Gasteiger partial charge in [-0.05, 0) is 27.6 Å². The summed E-state index contributed by atoms with van der Waals surface area (Å²) >= 11 is 3.18. The minimum absolute atomic E-state index is 0.0375. The van der Waals surface area contributed by atoms with Gasteiger partial charge in [-0.15, -0.1) is 0 Å². The lowest BCUT2D eigenvalue weighted by Crippen LogP contribution is -1.92. The van der Waals surface area contributed by atoms with Gasteiger partial charge in [0.05, 0.1) is 16.6 Å². The van der Waals surface area contributed by atoms with Gasteiger partial charge in [-0.3, -0.25) is 4.79 Å². The minimum atomic E-state index is -0.0375. The first-order valence-electron chi connectivity index (χ1n) is 3.65. The van der Waals surface area contributed by atoms with Gasteiger partial charge in [-0.25, -0.2) is 0 Å². The molecule has 0 aromatic heterocycles. The fourth-order valence-corrected chi connectivity index (χ4v) is 1.46. The molecular formula is C9H9BrO3. The maximum Gasteiger partial charge on any atom is 0.153 e. The molecule has 4 heteroatoms. The van der Waals surface area contributed by atoms with E-state index in [1.807, 2.05) is 0 Å². The number of carbonyl (C=O) groups is 1. The van der Waals surface area contributed by atoms with E-state index in [2.05, 4.69) is 15.9 Å². The Kier molecular flexibility index (Phi) is 3.45. The average molecular weight is 245 g/mol. The molecule has 3 nitrogen and oxygen atoms in total. The van der Waals surface area contributed by atoms with Crippen LogP contribution in [-0.4, -0.2) is 18.5 Å². The number of methoxy groups -OCH3 is 1. The Morgan fingerprint density at radius 3 is 2.85 bits per heavy atom. The Bertz CT molecular complexity index is 323. The number of phenolic OH excluding ortho intramolecular Hbond substituents is 1. The number of aromatic hydroxyl groups is 1. The second-order valence-corrected chi connectivity index (χ2v) is 3.32. The number of hydrogen-bond donors (Lipinski definition) is 1. The Labute approximate surface area is 84.5 Å². The van der Waals surface area contributed by atoms with E-state index in [4.69, 9.17) is 4.74 Å². The molecule has 0 atom stereocenters. The Hall–Kier alpha value is -0.870. The van der Waals surface area contributed by atoms with Crippen LogP contribution in [0.25, 0.3) is 0 Å². The molecule has 0 bridgehead atoms. The summed E-state index contributed by atoms with van der Waals surface area (Å²) in [6, 6.07) is 3.29. The SMILES string of the molecule is COCc1ccc(C=O)c(O)c1Br. The zero-order chi connectivity index (χ0) is 9.84. The van der Waals surface area contributed by atoms with Crippen LogP contribution in [0.3, 0.4) is 0 Å². The van der Waals surface area contributed by atoms with Gasteiger partial charge in [0.2, 0.25) is 0 Å². The highest BCUT2D eigenvalue weighted by Gasteiger charge is 2.08. The van der Waals surface area contributed by atoms with Gasteiger partial charge in [0.15, 0.2) is 6.29 Å². The van der Waals surface area contributed by atoms with Gasteiger partial charge in [-0.1, -0.05) is 6.07 Å². The van der Waals surface area contributed by atoms with E-state index in [0.29, 0.717) is 17.4 Å². The number of rotatable bonds is 3. The summed E-state index contributed by atoms with van der Waals surface area (Å²) in [7, 11) is 1.57. The van der Waals surface area contributed by atoms with Crippen LogP contribution in [0.15, 0.2) is 16.6 Å². The van der Waals surface area contributed by atoms with Crippen molar-refractivity contribution in [2.75, 3.05) is 7.11 Å². The predicted octanol–water partition coefficient (Wildman–Crippen LogP) is 2.11. The number of halogens is 1. The molecule has 13 heavy (non-hydrogen) atoms. The third-order valence-electron chi connectivity index (χ3n) is 1.65. The van der Waals surface area contributed by atoms with Crippen molar-refractivity contribution in [1.29, 1.82) is 0 Å². The molecule has 0 unspecified atom stereocenters. The first-order valence-corrected chi connectivity index (χ1v) is 4.44. The normalized spacial score (nSPS) is 10.0. The van der Waals surface area contributed by atoms with E-state index in [1.165, 1.54) is 0 Å². The summed E-state index contributed by atoms with van der Waals surface area (Å²) in [5.41, 5.74) is 1.08. The summed E-state index contributed by atoms with van der Waals surface area (Å²) in [5, 5.41) is 9.47. The molecule has 0 saturated heterocycles. The van der Waals surface area contributed by atoms with Gasteiger partial charge in [0.25, 0.3) is 0 Å². The van der Waals surface area contributed by atoms with Crippen LogP contribution in [-0.2, 0) is 11.3 Å². The van der Waals surface area contributed by atoms with Gasteiger partial charge < -0.3 is 9.84 Å². The van der Waals surface area contributed by atoms with E-state index in [1.54, 1.807) is 19.2 Å². The molecule has 0 heterocycles. The summed E-state index contributed by atoms with van der Waals surface area (Å²) in [5.74, 6) is -0.0375. The van der Waals surface area contributed by atoms with Crippen molar-refractivity contribution >= 4 is 22.2 Å². The molecule has 1 aromatic rings. The highest BCUT2D eigenvalue weighted by Crippen LogP contribution is 2.30. The number of phenols is 1. The maximum absolute atomic E-state index is 10.4. The van der Waals surface area contributed by atoms with Crippen LogP contribution in [0.2, 0.25) is 0 Å². The molecule has 1 N–H and O–H groups in total. The molecular weight excluding hydrogens is 236 g/mol. The van der Waals surface area contributed by atoms with Crippen LogP contribution >= 0.6 is 15.9 Å². The van der Waals surface area contributed by atoms with Gasteiger partial charge in [0, 0.05) is 7.11 Å². The molecule has 0 spiro atoms. The minimum Gasteiger partial charge on any atom is -0.506 e. The number of ether oxygens (including phenoxy) is 1. The lowest BCUT2D eigenvalue weighted by Gasteiger charge is -2.06. The molecule has 0 saturated carbocycles. The zero-order valence-corrected chi connectivity index (χ0v) is 8.67. The molecule has 0 aliphatic heterocycles.